The van der Waals surface area contributed by atoms with Gasteiger partial charge in [-0.3, -0.25) is 9.59 Å². The number of pyridine rings is 1. The van der Waals surface area contributed by atoms with Crippen molar-refractivity contribution >= 4 is 16.8 Å². The van der Waals surface area contributed by atoms with Gasteiger partial charge in [-0.25, -0.2) is 0 Å². The van der Waals surface area contributed by atoms with Gasteiger partial charge in [-0.05, 0) is 35.6 Å². The Labute approximate surface area is 110 Å². The molecule has 0 aliphatic carbocycles. The molecule has 1 atom stereocenters. The molecule has 5 nitrogen and oxygen atoms in total. The van der Waals surface area contributed by atoms with Gasteiger partial charge in [0.1, 0.15) is 0 Å². The molecule has 19 heavy (non-hydrogen) atoms. The normalized spacial score (nSPS) is 19.3. The fourth-order valence-corrected chi connectivity index (χ4v) is 2.44. The Morgan fingerprint density at radius 1 is 1.26 bits per heavy atom. The second-order valence-corrected chi connectivity index (χ2v) is 4.90. The van der Waals surface area contributed by atoms with Crippen LogP contribution in [0.25, 0.3) is 10.9 Å². The molecule has 3 N–H and O–H groups in total. The van der Waals surface area contributed by atoms with Crippen LogP contribution in [0.5, 0.6) is 0 Å². The highest BCUT2D eigenvalue weighted by Gasteiger charge is 2.28. The highest BCUT2D eigenvalue weighted by molar-refractivity contribution is 5.84. The monoisotopic (exact) mass is 257 g/mol. The molecule has 5 heteroatoms. The van der Waals surface area contributed by atoms with Crippen LogP contribution in [0.3, 0.4) is 0 Å². The van der Waals surface area contributed by atoms with E-state index in [1.54, 1.807) is 11.0 Å². The van der Waals surface area contributed by atoms with Gasteiger partial charge in [-0.1, -0.05) is 6.07 Å². The lowest BCUT2D eigenvalue weighted by molar-refractivity contribution is -0.129. The molecule has 98 valence electrons. The Bertz CT molecular complexity index is 692. The van der Waals surface area contributed by atoms with E-state index in [0.29, 0.717) is 13.1 Å². The summed E-state index contributed by atoms with van der Waals surface area (Å²) in [4.78, 5) is 27.5. The fourth-order valence-electron chi connectivity index (χ4n) is 2.44. The lowest BCUT2D eigenvalue weighted by Crippen LogP contribution is -2.33. The smallest absolute Gasteiger partial charge is 0.248 e. The van der Waals surface area contributed by atoms with E-state index in [9.17, 15) is 9.59 Å². The number of amides is 1. The number of fused-ring (bicyclic) bond motifs is 1. The molecule has 1 saturated heterocycles. The summed E-state index contributed by atoms with van der Waals surface area (Å²) in [6.07, 6.45) is 0.722. The van der Waals surface area contributed by atoms with Crippen molar-refractivity contribution < 1.29 is 4.79 Å². The number of H-pyrrole nitrogens is 1. The molecular formula is C14H15N3O2. The van der Waals surface area contributed by atoms with Gasteiger partial charge in [-0.2, -0.15) is 0 Å². The summed E-state index contributed by atoms with van der Waals surface area (Å²) < 4.78 is 0. The number of carbonyl (C=O) groups excluding carboxylic acids is 1. The van der Waals surface area contributed by atoms with E-state index in [1.807, 2.05) is 18.2 Å². The molecule has 0 bridgehead atoms. The van der Waals surface area contributed by atoms with E-state index in [2.05, 4.69) is 4.98 Å². The summed E-state index contributed by atoms with van der Waals surface area (Å²) in [7, 11) is 0. The van der Waals surface area contributed by atoms with E-state index in [-0.39, 0.29) is 17.5 Å². The van der Waals surface area contributed by atoms with Crippen LogP contribution < -0.4 is 11.3 Å². The van der Waals surface area contributed by atoms with Crippen LogP contribution in [0, 0.1) is 0 Å². The molecule has 0 unspecified atom stereocenters. The van der Waals surface area contributed by atoms with E-state index in [1.165, 1.54) is 6.07 Å². The average molecular weight is 257 g/mol. The first-order valence-electron chi connectivity index (χ1n) is 6.30. The summed E-state index contributed by atoms with van der Waals surface area (Å²) in [5.41, 5.74) is 7.44. The van der Waals surface area contributed by atoms with Gasteiger partial charge in [0, 0.05) is 24.7 Å². The Morgan fingerprint density at radius 3 is 2.84 bits per heavy atom. The van der Waals surface area contributed by atoms with E-state index >= 15 is 0 Å². The zero-order valence-corrected chi connectivity index (χ0v) is 10.4. The minimum atomic E-state index is -0.350. The minimum absolute atomic E-state index is 0.0153. The van der Waals surface area contributed by atoms with Crippen LogP contribution >= 0.6 is 0 Å². The van der Waals surface area contributed by atoms with Gasteiger partial charge < -0.3 is 15.6 Å². The van der Waals surface area contributed by atoms with Crippen molar-refractivity contribution in [2.75, 3.05) is 6.54 Å². The molecule has 0 radical (unpaired) electrons. The highest BCUT2D eigenvalue weighted by atomic mass is 16.2. The molecule has 0 spiro atoms. The lowest BCUT2D eigenvalue weighted by Gasteiger charge is -2.16. The van der Waals surface area contributed by atoms with E-state index < -0.39 is 0 Å². The number of aromatic nitrogens is 1. The van der Waals surface area contributed by atoms with Crippen LogP contribution in [-0.4, -0.2) is 28.4 Å². The molecule has 1 fully saturated rings. The maximum absolute atomic E-state index is 11.8. The van der Waals surface area contributed by atoms with Crippen molar-refractivity contribution in [3.05, 3.63) is 46.2 Å². The number of hydrogen-bond acceptors (Lipinski definition) is 3. The number of benzene rings is 1. The lowest BCUT2D eigenvalue weighted by atomic mass is 10.1. The van der Waals surface area contributed by atoms with Crippen molar-refractivity contribution in [1.29, 1.82) is 0 Å². The summed E-state index contributed by atoms with van der Waals surface area (Å²) in [5, 5.41) is 0.966. The third kappa shape index (κ3) is 2.24. The van der Waals surface area contributed by atoms with Gasteiger partial charge >= 0.3 is 0 Å². The van der Waals surface area contributed by atoms with E-state index in [4.69, 9.17) is 5.73 Å². The number of likely N-dealkylation sites (tertiary alicyclic amines) is 1. The molecule has 2 heterocycles. The van der Waals surface area contributed by atoms with Crippen LogP contribution in [0.15, 0.2) is 35.1 Å². The number of nitrogens with two attached hydrogens (primary N) is 1. The summed E-state index contributed by atoms with van der Waals surface area (Å²) in [6, 6.07) is 8.72. The van der Waals surface area contributed by atoms with Gasteiger partial charge in [-0.15, -0.1) is 0 Å². The Balaban J connectivity index is 1.88. The maximum atomic E-state index is 11.8. The van der Waals surface area contributed by atoms with Crippen molar-refractivity contribution in [3.8, 4) is 0 Å². The molecule has 2 aromatic rings. The summed E-state index contributed by atoms with van der Waals surface area (Å²) >= 11 is 0. The Morgan fingerprint density at radius 2 is 2.11 bits per heavy atom. The number of rotatable bonds is 2. The highest BCUT2D eigenvalue weighted by Crippen LogP contribution is 2.17. The van der Waals surface area contributed by atoms with Gasteiger partial charge in [0.2, 0.25) is 11.5 Å². The van der Waals surface area contributed by atoms with Crippen molar-refractivity contribution in [1.82, 2.24) is 9.88 Å². The number of hydrogen-bond donors (Lipinski definition) is 2. The van der Waals surface area contributed by atoms with Gasteiger partial charge in [0.25, 0.3) is 0 Å². The number of carbonyl (C=O) groups is 1. The third-order valence-corrected chi connectivity index (χ3v) is 3.50. The second-order valence-electron chi connectivity index (χ2n) is 4.90. The maximum Gasteiger partial charge on any atom is 0.248 e. The number of nitrogens with zero attached hydrogens (tertiary/aromatic N) is 1. The van der Waals surface area contributed by atoms with Crippen LogP contribution in [-0.2, 0) is 11.3 Å². The molecule has 1 aliphatic heterocycles. The molecule has 0 saturated carbocycles. The third-order valence-electron chi connectivity index (χ3n) is 3.50. The van der Waals surface area contributed by atoms with Crippen LogP contribution in [0.4, 0.5) is 0 Å². The quantitative estimate of drug-likeness (QED) is 0.826. The average Bonchev–Trinajstić information content (AvgIpc) is 2.71. The molecular weight excluding hydrogens is 242 g/mol. The predicted octanol–water partition coefficient (Wildman–Crippen LogP) is 0.588. The molecule has 1 aliphatic rings. The Kier molecular flexibility index (Phi) is 2.83. The molecule has 1 aromatic heterocycles. The predicted molar refractivity (Wildman–Crippen MR) is 72.6 cm³/mol. The van der Waals surface area contributed by atoms with Crippen LogP contribution in [0.2, 0.25) is 0 Å². The number of nitrogens with one attached hydrogen (secondary N) is 1. The van der Waals surface area contributed by atoms with Crippen LogP contribution in [0.1, 0.15) is 12.0 Å². The van der Waals surface area contributed by atoms with Gasteiger partial charge in [0.15, 0.2) is 0 Å². The molecule has 1 amide bonds. The SMILES string of the molecule is N[C@H]1CCN(Cc2ccc3[nH]c(=O)ccc3c2)C1=O. The zero-order valence-electron chi connectivity index (χ0n) is 10.4. The largest absolute Gasteiger partial charge is 0.337 e. The molecule has 1 aromatic carbocycles. The zero-order chi connectivity index (χ0) is 13.4. The van der Waals surface area contributed by atoms with Gasteiger partial charge in [0.05, 0.1) is 6.04 Å². The summed E-state index contributed by atoms with van der Waals surface area (Å²) in [6.45, 7) is 1.28. The first-order chi connectivity index (χ1) is 9.13. The topological polar surface area (TPSA) is 79.2 Å². The number of aromatic amines is 1. The second kappa shape index (κ2) is 4.51. The van der Waals surface area contributed by atoms with Crippen molar-refractivity contribution in [2.45, 2.75) is 19.0 Å². The fraction of sp³-hybridized carbons (Fsp3) is 0.286. The Hall–Kier alpha value is -2.14. The van der Waals surface area contributed by atoms with Crippen molar-refractivity contribution in [2.24, 2.45) is 5.73 Å². The molecule has 3 rings (SSSR count). The minimum Gasteiger partial charge on any atom is -0.337 e. The first-order valence-corrected chi connectivity index (χ1v) is 6.30. The van der Waals surface area contributed by atoms with E-state index in [0.717, 1.165) is 22.9 Å². The summed E-state index contributed by atoms with van der Waals surface area (Å²) in [5.74, 6) is 0.0153. The standard InChI is InChI=1S/C14H15N3O2/c15-11-5-6-17(14(11)19)8-9-1-3-12-10(7-9)2-4-13(18)16-12/h1-4,7,11H,5-6,8,15H2,(H,16,18)/t11-/m0/s1. The van der Waals surface area contributed by atoms with Crippen molar-refractivity contribution in [3.63, 3.8) is 0 Å². The first kappa shape index (κ1) is 11.9.